The molecule has 0 amide bonds. The van der Waals surface area contributed by atoms with Crippen LogP contribution in [0.2, 0.25) is 0 Å². The number of hydrogen-bond donors (Lipinski definition) is 1. The number of allylic oxidation sites excluding steroid dienone is 1. The second-order valence-electron chi connectivity index (χ2n) is 2.08. The zero-order valence-electron chi connectivity index (χ0n) is 4.60. The smallest absolute Gasteiger partial charge is 0.0578 e. The van der Waals surface area contributed by atoms with Crippen LogP contribution in [-0.4, -0.2) is 11.2 Å². The molecule has 1 nitrogen and oxygen atoms in total. The molecule has 46 valence electrons. The molecule has 0 spiro atoms. The average molecular weight is 224 g/mol. The van der Waals surface area contributed by atoms with Crippen molar-refractivity contribution < 1.29 is 5.11 Å². The predicted octanol–water partition coefficient (Wildman–Crippen LogP) is 1.85. The van der Waals surface area contributed by atoms with E-state index in [1.54, 1.807) is 0 Å². The molecule has 0 aliphatic heterocycles. The fraction of sp³-hybridized carbons (Fsp3) is 0.667. The van der Waals surface area contributed by atoms with Crippen molar-refractivity contribution in [3.8, 4) is 0 Å². The van der Waals surface area contributed by atoms with Crippen LogP contribution in [0.5, 0.6) is 0 Å². The summed E-state index contributed by atoms with van der Waals surface area (Å²) in [6, 6.07) is 0. The maximum absolute atomic E-state index is 8.98. The predicted molar refractivity (Wildman–Crippen MR) is 42.0 cm³/mol. The Kier molecular flexibility index (Phi) is 2.31. The minimum Gasteiger partial charge on any atom is -0.393 e. The van der Waals surface area contributed by atoms with Crippen LogP contribution in [0.15, 0.2) is 9.66 Å². The lowest BCUT2D eigenvalue weighted by Gasteiger charge is -2.12. The van der Waals surface area contributed by atoms with E-state index in [9.17, 15) is 0 Å². The minimum atomic E-state index is -0.0616. The summed E-state index contributed by atoms with van der Waals surface area (Å²) in [5.41, 5.74) is 0. The van der Waals surface area contributed by atoms with Crippen molar-refractivity contribution in [1.29, 1.82) is 0 Å². The van der Waals surface area contributed by atoms with Gasteiger partial charge in [0.15, 0.2) is 0 Å². The topological polar surface area (TPSA) is 20.2 Å². The first-order valence-corrected chi connectivity index (χ1v) is 3.89. The van der Waals surface area contributed by atoms with Crippen molar-refractivity contribution in [3.05, 3.63) is 9.66 Å². The molecule has 0 aromatic heterocycles. The number of halogens is 1. The number of rotatable bonds is 0. The van der Waals surface area contributed by atoms with Gasteiger partial charge >= 0.3 is 0 Å². The molecule has 0 aromatic carbocycles. The van der Waals surface area contributed by atoms with E-state index in [4.69, 9.17) is 5.11 Å². The highest BCUT2D eigenvalue weighted by atomic mass is 127. The Morgan fingerprint density at radius 3 is 2.88 bits per heavy atom. The van der Waals surface area contributed by atoms with Gasteiger partial charge < -0.3 is 5.11 Å². The van der Waals surface area contributed by atoms with Gasteiger partial charge in [0.2, 0.25) is 0 Å². The standard InChI is InChI=1S/C6H9IO/c7-5-1-3-6(8)4-2-5/h1,6,8H,2-4H2. The molecule has 1 unspecified atom stereocenters. The van der Waals surface area contributed by atoms with Gasteiger partial charge in [0.1, 0.15) is 0 Å². The van der Waals surface area contributed by atoms with Crippen LogP contribution < -0.4 is 0 Å². The molecule has 1 aliphatic rings. The SMILES string of the molecule is OC1CC=C(I)CC1. The zero-order chi connectivity index (χ0) is 5.98. The van der Waals surface area contributed by atoms with Crippen LogP contribution in [0.3, 0.4) is 0 Å². The third-order valence-electron chi connectivity index (χ3n) is 1.33. The molecule has 2 heteroatoms. The molecule has 0 fully saturated rings. The van der Waals surface area contributed by atoms with Crippen molar-refractivity contribution in [2.45, 2.75) is 25.4 Å². The second kappa shape index (κ2) is 2.82. The van der Waals surface area contributed by atoms with Gasteiger partial charge in [-0.2, -0.15) is 0 Å². The molecule has 1 atom stereocenters. The first-order chi connectivity index (χ1) is 3.79. The third kappa shape index (κ3) is 1.74. The first kappa shape index (κ1) is 6.55. The van der Waals surface area contributed by atoms with E-state index in [2.05, 4.69) is 28.7 Å². The van der Waals surface area contributed by atoms with E-state index in [1.807, 2.05) is 0 Å². The van der Waals surface area contributed by atoms with Crippen LogP contribution >= 0.6 is 22.6 Å². The van der Waals surface area contributed by atoms with Crippen LogP contribution in [0.4, 0.5) is 0 Å². The molecule has 0 aromatic rings. The number of hydrogen-bond acceptors (Lipinski definition) is 1. The summed E-state index contributed by atoms with van der Waals surface area (Å²) in [6.45, 7) is 0. The molecule has 0 radical (unpaired) electrons. The maximum Gasteiger partial charge on any atom is 0.0578 e. The molecule has 0 saturated carbocycles. The summed E-state index contributed by atoms with van der Waals surface area (Å²) in [5, 5.41) is 8.98. The fourth-order valence-electron chi connectivity index (χ4n) is 0.788. The second-order valence-corrected chi connectivity index (χ2v) is 3.46. The maximum atomic E-state index is 8.98. The lowest BCUT2D eigenvalue weighted by Crippen LogP contribution is -2.07. The normalized spacial score (nSPS) is 29.8. The highest BCUT2D eigenvalue weighted by Crippen LogP contribution is 2.22. The van der Waals surface area contributed by atoms with Crippen molar-refractivity contribution in [1.82, 2.24) is 0 Å². The average Bonchev–Trinajstić information content (AvgIpc) is 1.77. The Labute approximate surface area is 62.9 Å². The Bertz CT molecular complexity index is 109. The number of aliphatic hydroxyl groups is 1. The summed E-state index contributed by atoms with van der Waals surface area (Å²) in [7, 11) is 0. The highest BCUT2D eigenvalue weighted by Gasteiger charge is 2.07. The van der Waals surface area contributed by atoms with Crippen LogP contribution in [0.25, 0.3) is 0 Å². The van der Waals surface area contributed by atoms with Gasteiger partial charge in [-0.05, 0) is 45.4 Å². The summed E-state index contributed by atoms with van der Waals surface area (Å²) in [5.74, 6) is 0. The summed E-state index contributed by atoms with van der Waals surface area (Å²) >= 11 is 2.32. The highest BCUT2D eigenvalue weighted by molar-refractivity contribution is 14.1. The monoisotopic (exact) mass is 224 g/mol. The van der Waals surface area contributed by atoms with Gasteiger partial charge in [0.05, 0.1) is 6.10 Å². The van der Waals surface area contributed by atoms with Crippen LogP contribution in [0, 0.1) is 0 Å². The van der Waals surface area contributed by atoms with Crippen molar-refractivity contribution in [2.24, 2.45) is 0 Å². The van der Waals surface area contributed by atoms with Gasteiger partial charge in [-0.15, -0.1) is 0 Å². The largest absolute Gasteiger partial charge is 0.393 e. The van der Waals surface area contributed by atoms with E-state index in [1.165, 1.54) is 3.58 Å². The zero-order valence-corrected chi connectivity index (χ0v) is 6.76. The van der Waals surface area contributed by atoms with E-state index in [0.717, 1.165) is 19.3 Å². The Balaban J connectivity index is 2.42. The van der Waals surface area contributed by atoms with Gasteiger partial charge in [-0.3, -0.25) is 0 Å². The molecule has 8 heavy (non-hydrogen) atoms. The van der Waals surface area contributed by atoms with Crippen molar-refractivity contribution >= 4 is 22.6 Å². The fourth-order valence-corrected chi connectivity index (χ4v) is 1.35. The van der Waals surface area contributed by atoms with Gasteiger partial charge in [-0.1, -0.05) is 6.08 Å². The van der Waals surface area contributed by atoms with Crippen LogP contribution in [0.1, 0.15) is 19.3 Å². The summed E-state index contributed by atoms with van der Waals surface area (Å²) in [4.78, 5) is 0. The van der Waals surface area contributed by atoms with Crippen molar-refractivity contribution in [2.75, 3.05) is 0 Å². The molecular formula is C6H9IO. The Morgan fingerprint density at radius 1 is 1.75 bits per heavy atom. The quantitative estimate of drug-likeness (QED) is 0.622. The molecule has 0 saturated heterocycles. The lowest BCUT2D eigenvalue weighted by molar-refractivity contribution is 0.164. The third-order valence-corrected chi connectivity index (χ3v) is 2.31. The molecule has 0 bridgehead atoms. The molecule has 0 heterocycles. The number of aliphatic hydroxyl groups excluding tert-OH is 1. The lowest BCUT2D eigenvalue weighted by atomic mass is 10.1. The summed E-state index contributed by atoms with van der Waals surface area (Å²) in [6.07, 6.45) is 4.93. The van der Waals surface area contributed by atoms with Crippen molar-refractivity contribution in [3.63, 3.8) is 0 Å². The van der Waals surface area contributed by atoms with E-state index in [-0.39, 0.29) is 6.10 Å². The van der Waals surface area contributed by atoms with E-state index in [0.29, 0.717) is 0 Å². The minimum absolute atomic E-state index is 0.0616. The van der Waals surface area contributed by atoms with E-state index < -0.39 is 0 Å². The van der Waals surface area contributed by atoms with Gasteiger partial charge in [0.25, 0.3) is 0 Å². The first-order valence-electron chi connectivity index (χ1n) is 2.81. The Hall–Kier alpha value is 0.430. The van der Waals surface area contributed by atoms with E-state index >= 15 is 0 Å². The van der Waals surface area contributed by atoms with Gasteiger partial charge in [-0.25, -0.2) is 0 Å². The molecule has 1 N–H and O–H groups in total. The molecular weight excluding hydrogens is 215 g/mol. The van der Waals surface area contributed by atoms with Crippen LogP contribution in [-0.2, 0) is 0 Å². The molecule has 1 rings (SSSR count). The molecule has 1 aliphatic carbocycles. The Morgan fingerprint density at radius 2 is 2.50 bits per heavy atom. The summed E-state index contributed by atoms with van der Waals surface area (Å²) < 4.78 is 1.40. The van der Waals surface area contributed by atoms with Gasteiger partial charge in [0, 0.05) is 0 Å².